The molecule has 6 nitrogen and oxygen atoms in total. The molecule has 154 valence electrons. The summed E-state index contributed by atoms with van der Waals surface area (Å²) in [6.07, 6.45) is 6.39. The van der Waals surface area contributed by atoms with Gasteiger partial charge in [0.2, 0.25) is 11.8 Å². The molecule has 0 bridgehead atoms. The van der Waals surface area contributed by atoms with Crippen LogP contribution in [0.5, 0.6) is 0 Å². The number of hydrogen-bond donors (Lipinski definition) is 2. The van der Waals surface area contributed by atoms with Crippen molar-refractivity contribution in [1.82, 2.24) is 0 Å². The van der Waals surface area contributed by atoms with Gasteiger partial charge in [-0.15, -0.1) is 0 Å². The van der Waals surface area contributed by atoms with E-state index in [0.717, 1.165) is 38.5 Å². The lowest BCUT2D eigenvalue weighted by Gasteiger charge is -2.07. The van der Waals surface area contributed by atoms with Crippen molar-refractivity contribution >= 4 is 23.2 Å². The van der Waals surface area contributed by atoms with E-state index < -0.39 is 0 Å². The molecule has 0 aliphatic carbocycles. The van der Waals surface area contributed by atoms with Crippen molar-refractivity contribution in [2.75, 3.05) is 10.6 Å². The smallest absolute Gasteiger partial charge is 0.224 e. The fourth-order valence-corrected chi connectivity index (χ4v) is 3.08. The maximum Gasteiger partial charge on any atom is 0.224 e. The van der Waals surface area contributed by atoms with Crippen molar-refractivity contribution in [1.29, 1.82) is 10.5 Å². The van der Waals surface area contributed by atoms with E-state index in [1.807, 2.05) is 0 Å². The molecule has 0 aliphatic heterocycles. The fraction of sp³-hybridized carbons (Fsp3) is 0.333. The molecule has 2 rings (SSSR count). The molecule has 0 spiro atoms. The van der Waals surface area contributed by atoms with E-state index >= 15 is 0 Å². The van der Waals surface area contributed by atoms with Crippen molar-refractivity contribution in [3.8, 4) is 12.1 Å². The molecular weight excluding hydrogens is 376 g/mol. The highest BCUT2D eigenvalue weighted by Gasteiger charge is 2.07. The van der Waals surface area contributed by atoms with E-state index in [-0.39, 0.29) is 11.8 Å². The maximum atomic E-state index is 12.0. The van der Waals surface area contributed by atoms with E-state index in [9.17, 15) is 9.59 Å². The molecular formula is C24H26N4O2. The minimum Gasteiger partial charge on any atom is -0.325 e. The molecule has 2 amide bonds. The quantitative estimate of drug-likeness (QED) is 0.508. The number of rotatable bonds is 11. The van der Waals surface area contributed by atoms with Crippen LogP contribution in [0, 0.1) is 22.7 Å². The molecule has 0 aliphatic rings. The number of carbonyl (C=O) groups excluding carboxylic acids is 2. The van der Waals surface area contributed by atoms with Gasteiger partial charge in [0, 0.05) is 12.8 Å². The summed E-state index contributed by atoms with van der Waals surface area (Å²) in [7, 11) is 0. The lowest BCUT2D eigenvalue weighted by molar-refractivity contribution is -0.117. The number of nitriles is 2. The number of nitrogens with zero attached hydrogens (tertiary/aromatic N) is 2. The Kier molecular flexibility index (Phi) is 9.62. The summed E-state index contributed by atoms with van der Waals surface area (Å²) >= 11 is 0. The van der Waals surface area contributed by atoms with Gasteiger partial charge in [-0.2, -0.15) is 10.5 Å². The predicted molar refractivity (Wildman–Crippen MR) is 117 cm³/mol. The largest absolute Gasteiger partial charge is 0.325 e. The zero-order valence-corrected chi connectivity index (χ0v) is 17.0. The molecule has 0 atom stereocenters. The molecule has 6 heteroatoms. The Morgan fingerprint density at radius 3 is 1.40 bits per heavy atom. The third-order valence-electron chi connectivity index (χ3n) is 4.70. The van der Waals surface area contributed by atoms with Crippen LogP contribution in [0.25, 0.3) is 0 Å². The first-order valence-electron chi connectivity index (χ1n) is 10.2. The Balaban J connectivity index is 1.53. The first-order valence-corrected chi connectivity index (χ1v) is 10.2. The van der Waals surface area contributed by atoms with Gasteiger partial charge in [0.1, 0.15) is 12.1 Å². The number of benzene rings is 2. The van der Waals surface area contributed by atoms with Gasteiger partial charge in [-0.1, -0.05) is 49.9 Å². The van der Waals surface area contributed by atoms with Crippen LogP contribution in [0.15, 0.2) is 48.5 Å². The Labute approximate surface area is 177 Å². The molecule has 0 saturated carbocycles. The zero-order valence-electron chi connectivity index (χ0n) is 17.0. The van der Waals surface area contributed by atoms with Crippen molar-refractivity contribution in [2.45, 2.75) is 51.4 Å². The molecule has 0 saturated heterocycles. The summed E-state index contributed by atoms with van der Waals surface area (Å²) in [6.45, 7) is 0. The van der Waals surface area contributed by atoms with Gasteiger partial charge in [-0.25, -0.2) is 0 Å². The molecule has 2 N–H and O–H groups in total. The molecule has 2 aromatic rings. The van der Waals surface area contributed by atoms with Gasteiger partial charge in [0.05, 0.1) is 22.5 Å². The van der Waals surface area contributed by atoms with Crippen LogP contribution < -0.4 is 10.6 Å². The third-order valence-corrected chi connectivity index (χ3v) is 4.70. The zero-order chi connectivity index (χ0) is 21.6. The average Bonchev–Trinajstić information content (AvgIpc) is 2.76. The highest BCUT2D eigenvalue weighted by Crippen LogP contribution is 2.16. The van der Waals surface area contributed by atoms with Gasteiger partial charge in [0.15, 0.2) is 0 Å². The summed E-state index contributed by atoms with van der Waals surface area (Å²) in [6, 6.07) is 18.1. The van der Waals surface area contributed by atoms with Crippen molar-refractivity contribution in [2.24, 2.45) is 0 Å². The fourth-order valence-electron chi connectivity index (χ4n) is 3.08. The van der Waals surface area contributed by atoms with Crippen LogP contribution >= 0.6 is 0 Å². The number of para-hydroxylation sites is 2. The van der Waals surface area contributed by atoms with Crippen LogP contribution in [0.1, 0.15) is 62.5 Å². The average molecular weight is 402 g/mol. The lowest BCUT2D eigenvalue weighted by atomic mass is 10.1. The topological polar surface area (TPSA) is 106 Å². The van der Waals surface area contributed by atoms with Crippen molar-refractivity contribution in [3.63, 3.8) is 0 Å². The Morgan fingerprint density at radius 1 is 0.633 bits per heavy atom. The molecule has 30 heavy (non-hydrogen) atoms. The minimum atomic E-state index is -0.0768. The number of nitrogens with one attached hydrogen (secondary N) is 2. The second kappa shape index (κ2) is 12.7. The van der Waals surface area contributed by atoms with E-state index in [0.29, 0.717) is 35.3 Å². The minimum absolute atomic E-state index is 0.0768. The normalized spacial score (nSPS) is 9.93. The van der Waals surface area contributed by atoms with Gasteiger partial charge >= 0.3 is 0 Å². The van der Waals surface area contributed by atoms with Crippen LogP contribution in [0.3, 0.4) is 0 Å². The number of carbonyl (C=O) groups is 2. The first kappa shape index (κ1) is 22.6. The highest BCUT2D eigenvalue weighted by molar-refractivity contribution is 5.92. The summed E-state index contributed by atoms with van der Waals surface area (Å²) in [5.74, 6) is -0.154. The summed E-state index contributed by atoms with van der Waals surface area (Å²) in [5.41, 5.74) is 2.04. The first-order chi connectivity index (χ1) is 14.6. The predicted octanol–water partition coefficient (Wildman–Crippen LogP) is 5.13. The van der Waals surface area contributed by atoms with Gasteiger partial charge in [0.25, 0.3) is 0 Å². The van der Waals surface area contributed by atoms with Gasteiger partial charge < -0.3 is 10.6 Å². The van der Waals surface area contributed by atoms with Crippen LogP contribution in [0.2, 0.25) is 0 Å². The number of anilines is 2. The SMILES string of the molecule is N#Cc1ccccc1NC(=O)CCCCCCCCC(=O)Nc1ccccc1C#N. The molecule has 0 heterocycles. The Hall–Kier alpha value is -3.64. The van der Waals surface area contributed by atoms with Crippen molar-refractivity contribution < 1.29 is 9.59 Å². The monoisotopic (exact) mass is 402 g/mol. The van der Waals surface area contributed by atoms with E-state index in [1.165, 1.54) is 0 Å². The van der Waals surface area contributed by atoms with Crippen LogP contribution in [0.4, 0.5) is 11.4 Å². The number of amides is 2. The molecule has 0 unspecified atom stereocenters. The van der Waals surface area contributed by atoms with E-state index in [4.69, 9.17) is 10.5 Å². The second-order valence-electron chi connectivity index (χ2n) is 7.03. The maximum absolute atomic E-state index is 12.0. The molecule has 0 aromatic heterocycles. The number of hydrogen-bond acceptors (Lipinski definition) is 4. The van der Waals surface area contributed by atoms with Crippen LogP contribution in [-0.2, 0) is 9.59 Å². The van der Waals surface area contributed by atoms with Crippen LogP contribution in [-0.4, -0.2) is 11.8 Å². The molecule has 0 radical (unpaired) electrons. The van der Waals surface area contributed by atoms with Crippen molar-refractivity contribution in [3.05, 3.63) is 59.7 Å². The summed E-state index contributed by atoms with van der Waals surface area (Å²) in [4.78, 5) is 24.0. The number of unbranched alkanes of at least 4 members (excludes halogenated alkanes) is 5. The lowest BCUT2D eigenvalue weighted by Crippen LogP contribution is -2.12. The Morgan fingerprint density at radius 2 is 1.00 bits per heavy atom. The summed E-state index contributed by atoms with van der Waals surface area (Å²) in [5, 5.41) is 23.7. The second-order valence-corrected chi connectivity index (χ2v) is 7.03. The third kappa shape index (κ3) is 7.77. The van der Waals surface area contributed by atoms with Gasteiger partial charge in [-0.3, -0.25) is 9.59 Å². The summed E-state index contributed by atoms with van der Waals surface area (Å²) < 4.78 is 0. The van der Waals surface area contributed by atoms with E-state index in [2.05, 4.69) is 22.8 Å². The standard InChI is InChI=1S/C24H26N4O2/c25-17-19-11-7-9-13-21(19)27-23(29)15-5-3-1-2-4-6-16-24(30)28-22-14-10-8-12-20(22)18-26/h7-14H,1-6,15-16H2,(H,27,29)(H,28,30). The highest BCUT2D eigenvalue weighted by atomic mass is 16.2. The van der Waals surface area contributed by atoms with E-state index in [1.54, 1.807) is 48.5 Å². The molecule has 0 fully saturated rings. The molecule has 2 aromatic carbocycles. The van der Waals surface area contributed by atoms with Gasteiger partial charge in [-0.05, 0) is 37.1 Å². The Bertz CT molecular complexity index is 863.